The monoisotopic (exact) mass is 229 g/mol. The Labute approximate surface area is 95.3 Å². The van der Waals surface area contributed by atoms with Gasteiger partial charge in [-0.15, -0.1) is 0 Å². The zero-order chi connectivity index (χ0) is 12.2. The lowest BCUT2D eigenvalue weighted by Gasteiger charge is -2.29. The maximum atomic E-state index is 11.8. The molecule has 1 amide bonds. The summed E-state index contributed by atoms with van der Waals surface area (Å²) in [5.41, 5.74) is -0.524. The maximum absolute atomic E-state index is 11.8. The number of carboxylic acids is 1. The molecule has 0 radical (unpaired) electrons. The van der Waals surface area contributed by atoms with Gasteiger partial charge in [0.25, 0.3) is 0 Å². The third kappa shape index (κ3) is 4.18. The number of hydrogen-bond donors (Lipinski definition) is 1. The van der Waals surface area contributed by atoms with E-state index >= 15 is 0 Å². The first-order chi connectivity index (χ1) is 7.41. The molecule has 1 fully saturated rings. The van der Waals surface area contributed by atoms with E-state index in [4.69, 9.17) is 9.94 Å². The Bertz CT molecular complexity index is 269. The third-order valence-corrected chi connectivity index (χ3v) is 2.54. The first kappa shape index (κ1) is 13.0. The average Bonchev–Trinajstić information content (AvgIpc) is 2.16. The van der Waals surface area contributed by atoms with Crippen molar-refractivity contribution in [1.82, 2.24) is 5.06 Å². The second kappa shape index (κ2) is 5.30. The molecule has 0 aliphatic carbocycles. The number of carbonyl (C=O) groups excluding carboxylic acids is 1. The van der Waals surface area contributed by atoms with Gasteiger partial charge in [0, 0.05) is 13.0 Å². The number of hydroxylamine groups is 2. The van der Waals surface area contributed by atoms with Crippen molar-refractivity contribution in [2.75, 3.05) is 13.2 Å². The number of amides is 1. The normalized spacial score (nSPS) is 17.2. The van der Waals surface area contributed by atoms with Gasteiger partial charge in [-0.1, -0.05) is 13.8 Å². The van der Waals surface area contributed by atoms with Crippen LogP contribution >= 0.6 is 0 Å². The molecule has 1 N–H and O–H groups in total. The van der Waals surface area contributed by atoms with Crippen LogP contribution in [0.4, 0.5) is 0 Å². The summed E-state index contributed by atoms with van der Waals surface area (Å²) in [5.74, 6) is -0.997. The van der Waals surface area contributed by atoms with Crippen molar-refractivity contribution in [3.63, 3.8) is 0 Å². The molecule has 0 spiro atoms. The van der Waals surface area contributed by atoms with Crippen LogP contribution in [0.25, 0.3) is 0 Å². The van der Waals surface area contributed by atoms with Crippen LogP contribution < -0.4 is 0 Å². The van der Waals surface area contributed by atoms with Gasteiger partial charge in [0.2, 0.25) is 5.91 Å². The Morgan fingerprint density at radius 2 is 2.00 bits per heavy atom. The molecule has 92 valence electrons. The van der Waals surface area contributed by atoms with Crippen molar-refractivity contribution in [3.05, 3.63) is 0 Å². The molecule has 1 saturated heterocycles. The molecular formula is C11H19NO4. The largest absolute Gasteiger partial charge is 0.481 e. The van der Waals surface area contributed by atoms with Gasteiger partial charge in [0.05, 0.1) is 13.0 Å². The van der Waals surface area contributed by atoms with Crippen molar-refractivity contribution in [2.24, 2.45) is 5.41 Å². The van der Waals surface area contributed by atoms with Crippen LogP contribution in [-0.2, 0) is 14.4 Å². The molecule has 0 saturated carbocycles. The summed E-state index contributed by atoms with van der Waals surface area (Å²) in [6, 6.07) is 0. The molecule has 0 aromatic rings. The zero-order valence-electron chi connectivity index (χ0n) is 9.86. The highest BCUT2D eigenvalue weighted by Gasteiger charge is 2.28. The van der Waals surface area contributed by atoms with E-state index < -0.39 is 11.4 Å². The Balaban J connectivity index is 2.45. The van der Waals surface area contributed by atoms with Gasteiger partial charge in [-0.2, -0.15) is 0 Å². The number of nitrogens with zero attached hydrogens (tertiary/aromatic N) is 1. The van der Waals surface area contributed by atoms with Gasteiger partial charge < -0.3 is 5.11 Å². The Morgan fingerprint density at radius 3 is 2.50 bits per heavy atom. The average molecular weight is 229 g/mol. The molecule has 1 aliphatic heterocycles. The number of hydrogen-bond acceptors (Lipinski definition) is 3. The van der Waals surface area contributed by atoms with Gasteiger partial charge in [0.15, 0.2) is 0 Å². The first-order valence-corrected chi connectivity index (χ1v) is 5.56. The predicted molar refractivity (Wildman–Crippen MR) is 57.5 cm³/mol. The summed E-state index contributed by atoms with van der Waals surface area (Å²) >= 11 is 0. The Hall–Kier alpha value is -1.10. The molecule has 5 nitrogen and oxygen atoms in total. The van der Waals surface area contributed by atoms with Crippen molar-refractivity contribution in [1.29, 1.82) is 0 Å². The predicted octanol–water partition coefficient (Wildman–Crippen LogP) is 1.43. The van der Waals surface area contributed by atoms with E-state index in [9.17, 15) is 9.59 Å². The molecule has 0 unspecified atom stereocenters. The fourth-order valence-electron chi connectivity index (χ4n) is 1.76. The standard InChI is InChI=1S/C11H19NO4/c1-11(2,8-10(14)15)7-9(13)12-5-3-4-6-16-12/h3-8H2,1-2H3,(H,14,15). The Morgan fingerprint density at radius 1 is 1.31 bits per heavy atom. The minimum atomic E-state index is -0.877. The lowest BCUT2D eigenvalue weighted by atomic mass is 9.85. The van der Waals surface area contributed by atoms with Gasteiger partial charge in [-0.25, -0.2) is 5.06 Å². The molecule has 0 atom stereocenters. The highest BCUT2D eigenvalue weighted by atomic mass is 16.7. The number of carboxylic acid groups (broad SMARTS) is 1. The zero-order valence-corrected chi connectivity index (χ0v) is 9.86. The van der Waals surface area contributed by atoms with E-state index in [1.54, 1.807) is 13.8 Å². The minimum Gasteiger partial charge on any atom is -0.481 e. The summed E-state index contributed by atoms with van der Waals surface area (Å²) in [7, 11) is 0. The molecule has 0 aromatic carbocycles. The highest BCUT2D eigenvalue weighted by molar-refractivity contribution is 5.77. The summed E-state index contributed by atoms with van der Waals surface area (Å²) in [5, 5.41) is 10.1. The van der Waals surface area contributed by atoms with Crippen molar-refractivity contribution in [3.8, 4) is 0 Å². The smallest absolute Gasteiger partial charge is 0.303 e. The quantitative estimate of drug-likeness (QED) is 0.792. The van der Waals surface area contributed by atoms with Crippen LogP contribution in [0.5, 0.6) is 0 Å². The fraction of sp³-hybridized carbons (Fsp3) is 0.818. The van der Waals surface area contributed by atoms with Crippen LogP contribution in [0.1, 0.15) is 39.5 Å². The Kier molecular flexibility index (Phi) is 4.29. The van der Waals surface area contributed by atoms with Crippen LogP contribution in [-0.4, -0.2) is 35.2 Å². The van der Waals surface area contributed by atoms with E-state index in [0.29, 0.717) is 13.2 Å². The molecule has 5 heteroatoms. The number of carbonyl (C=O) groups is 2. The summed E-state index contributed by atoms with van der Waals surface area (Å²) in [4.78, 5) is 27.6. The topological polar surface area (TPSA) is 66.8 Å². The van der Waals surface area contributed by atoms with Crippen molar-refractivity contribution in [2.45, 2.75) is 39.5 Å². The minimum absolute atomic E-state index is 0.00736. The molecule has 0 bridgehead atoms. The molecule has 1 rings (SSSR count). The van der Waals surface area contributed by atoms with E-state index in [1.165, 1.54) is 5.06 Å². The van der Waals surface area contributed by atoms with Gasteiger partial charge >= 0.3 is 5.97 Å². The van der Waals surface area contributed by atoms with Crippen LogP contribution in [0.15, 0.2) is 0 Å². The molecule has 0 aromatic heterocycles. The molecule has 1 heterocycles. The summed E-state index contributed by atoms with van der Waals surface area (Å²) < 4.78 is 0. The summed E-state index contributed by atoms with van der Waals surface area (Å²) in [6.07, 6.45) is 2.12. The highest BCUT2D eigenvalue weighted by Crippen LogP contribution is 2.26. The van der Waals surface area contributed by atoms with Crippen LogP contribution in [0.2, 0.25) is 0 Å². The van der Waals surface area contributed by atoms with E-state index in [-0.39, 0.29) is 18.7 Å². The first-order valence-electron chi connectivity index (χ1n) is 5.56. The third-order valence-electron chi connectivity index (χ3n) is 2.54. The molecular weight excluding hydrogens is 210 g/mol. The molecule has 16 heavy (non-hydrogen) atoms. The summed E-state index contributed by atoms with van der Waals surface area (Å²) in [6.45, 7) is 4.75. The van der Waals surface area contributed by atoms with E-state index in [1.807, 2.05) is 0 Å². The van der Waals surface area contributed by atoms with Gasteiger partial charge in [-0.05, 0) is 18.3 Å². The van der Waals surface area contributed by atoms with Gasteiger partial charge in [-0.3, -0.25) is 14.4 Å². The molecule has 1 aliphatic rings. The van der Waals surface area contributed by atoms with Gasteiger partial charge in [0.1, 0.15) is 0 Å². The lowest BCUT2D eigenvalue weighted by molar-refractivity contribution is -0.199. The number of rotatable bonds is 4. The van der Waals surface area contributed by atoms with Crippen molar-refractivity contribution < 1.29 is 19.5 Å². The fourth-order valence-corrected chi connectivity index (χ4v) is 1.76. The van der Waals surface area contributed by atoms with Crippen molar-refractivity contribution >= 4 is 11.9 Å². The van der Waals surface area contributed by atoms with E-state index in [2.05, 4.69) is 0 Å². The number of aliphatic carboxylic acids is 1. The van der Waals surface area contributed by atoms with Crippen LogP contribution in [0, 0.1) is 5.41 Å². The maximum Gasteiger partial charge on any atom is 0.303 e. The second-order valence-electron chi connectivity index (χ2n) is 4.95. The SMILES string of the molecule is CC(C)(CC(=O)O)CC(=O)N1CCCCO1. The second-order valence-corrected chi connectivity index (χ2v) is 4.95. The lowest BCUT2D eigenvalue weighted by Crippen LogP contribution is -2.38. The van der Waals surface area contributed by atoms with Crippen LogP contribution in [0.3, 0.4) is 0 Å². The van der Waals surface area contributed by atoms with E-state index in [0.717, 1.165) is 12.8 Å².